The summed E-state index contributed by atoms with van der Waals surface area (Å²) in [4.78, 5) is 26.3. The van der Waals surface area contributed by atoms with Gasteiger partial charge in [-0.05, 0) is 53.5 Å². The SMILES string of the molecule is O=C(/C=C/c1cccc([N+](=O)[O-])c1)Nc1ccc(Cc2ccncc2)cc1. The minimum atomic E-state index is -0.467. The molecule has 3 aromatic rings. The lowest BCUT2D eigenvalue weighted by Crippen LogP contribution is -2.07. The molecule has 0 bridgehead atoms. The van der Waals surface area contributed by atoms with Crippen LogP contribution in [0.5, 0.6) is 0 Å². The van der Waals surface area contributed by atoms with Gasteiger partial charge in [-0.1, -0.05) is 24.3 Å². The second-order valence-electron chi connectivity index (χ2n) is 5.90. The minimum absolute atomic E-state index is 0.0117. The molecule has 1 amide bonds. The summed E-state index contributed by atoms with van der Waals surface area (Å²) < 4.78 is 0. The van der Waals surface area contributed by atoms with Crippen LogP contribution >= 0.6 is 0 Å². The molecule has 1 aromatic heterocycles. The number of non-ortho nitro benzene ring substituents is 1. The number of nitro benzene ring substituents is 1. The van der Waals surface area contributed by atoms with E-state index in [0.717, 1.165) is 12.0 Å². The number of nitrogens with one attached hydrogen (secondary N) is 1. The van der Waals surface area contributed by atoms with E-state index >= 15 is 0 Å². The van der Waals surface area contributed by atoms with Gasteiger partial charge in [0.15, 0.2) is 0 Å². The van der Waals surface area contributed by atoms with Gasteiger partial charge in [-0.25, -0.2) is 0 Å². The Kier molecular flexibility index (Phi) is 5.69. The smallest absolute Gasteiger partial charge is 0.270 e. The first kappa shape index (κ1) is 18.0. The highest BCUT2D eigenvalue weighted by atomic mass is 16.6. The third-order valence-electron chi connectivity index (χ3n) is 3.89. The molecule has 134 valence electrons. The maximum absolute atomic E-state index is 12.0. The number of pyridine rings is 1. The summed E-state index contributed by atoms with van der Waals surface area (Å²) in [6, 6.07) is 17.6. The number of rotatable bonds is 6. The molecule has 2 aromatic carbocycles. The summed E-state index contributed by atoms with van der Waals surface area (Å²) in [5.74, 6) is -0.302. The average Bonchev–Trinajstić information content (AvgIpc) is 2.69. The van der Waals surface area contributed by atoms with Crippen LogP contribution in [0.15, 0.2) is 79.1 Å². The van der Waals surface area contributed by atoms with Crippen LogP contribution in [-0.4, -0.2) is 15.8 Å². The van der Waals surface area contributed by atoms with E-state index in [1.807, 2.05) is 36.4 Å². The Morgan fingerprint density at radius 3 is 2.44 bits per heavy atom. The molecule has 0 atom stereocenters. The molecule has 0 unspecified atom stereocenters. The Labute approximate surface area is 156 Å². The molecule has 0 saturated heterocycles. The zero-order valence-electron chi connectivity index (χ0n) is 14.4. The van der Waals surface area contributed by atoms with Crippen molar-refractivity contribution in [3.63, 3.8) is 0 Å². The van der Waals surface area contributed by atoms with Crippen molar-refractivity contribution in [3.05, 3.63) is 106 Å². The van der Waals surface area contributed by atoms with Crippen LogP contribution in [0, 0.1) is 10.1 Å². The van der Waals surface area contributed by atoms with Gasteiger partial charge in [0.05, 0.1) is 4.92 Å². The third kappa shape index (κ3) is 5.34. The Morgan fingerprint density at radius 1 is 1.04 bits per heavy atom. The topological polar surface area (TPSA) is 85.1 Å². The van der Waals surface area contributed by atoms with Crippen LogP contribution in [0.2, 0.25) is 0 Å². The second-order valence-corrected chi connectivity index (χ2v) is 5.90. The molecule has 1 N–H and O–H groups in total. The van der Waals surface area contributed by atoms with E-state index in [0.29, 0.717) is 11.3 Å². The van der Waals surface area contributed by atoms with E-state index in [2.05, 4.69) is 10.3 Å². The molecule has 6 heteroatoms. The molecule has 1 heterocycles. The largest absolute Gasteiger partial charge is 0.323 e. The van der Waals surface area contributed by atoms with Crippen molar-refractivity contribution >= 4 is 23.4 Å². The van der Waals surface area contributed by atoms with Crippen molar-refractivity contribution in [1.29, 1.82) is 0 Å². The monoisotopic (exact) mass is 359 g/mol. The zero-order valence-corrected chi connectivity index (χ0v) is 14.4. The number of aromatic nitrogens is 1. The predicted octanol–water partition coefficient (Wildman–Crippen LogP) is 4.23. The summed E-state index contributed by atoms with van der Waals surface area (Å²) in [6.45, 7) is 0. The quantitative estimate of drug-likeness (QED) is 0.405. The summed E-state index contributed by atoms with van der Waals surface area (Å²) >= 11 is 0. The highest BCUT2D eigenvalue weighted by Gasteiger charge is 2.04. The molecule has 0 saturated carbocycles. The van der Waals surface area contributed by atoms with Crippen LogP contribution < -0.4 is 5.32 Å². The van der Waals surface area contributed by atoms with Crippen LogP contribution in [0.25, 0.3) is 6.08 Å². The predicted molar refractivity (Wildman–Crippen MR) is 104 cm³/mol. The third-order valence-corrected chi connectivity index (χ3v) is 3.89. The lowest BCUT2D eigenvalue weighted by molar-refractivity contribution is -0.384. The van der Waals surface area contributed by atoms with Crippen molar-refractivity contribution in [2.24, 2.45) is 0 Å². The van der Waals surface area contributed by atoms with Crippen LogP contribution in [-0.2, 0) is 11.2 Å². The number of hydrogen-bond donors (Lipinski definition) is 1. The Morgan fingerprint density at radius 2 is 1.74 bits per heavy atom. The number of carbonyl (C=O) groups excluding carboxylic acids is 1. The van der Waals surface area contributed by atoms with Crippen molar-refractivity contribution in [2.75, 3.05) is 5.32 Å². The molecule has 0 fully saturated rings. The van der Waals surface area contributed by atoms with Gasteiger partial charge in [0.25, 0.3) is 5.69 Å². The zero-order chi connectivity index (χ0) is 19.1. The molecular formula is C21H17N3O3. The number of carbonyl (C=O) groups is 1. The fourth-order valence-electron chi connectivity index (χ4n) is 2.54. The summed E-state index contributed by atoms with van der Waals surface area (Å²) in [6.07, 6.45) is 7.21. The Balaban J connectivity index is 1.59. The van der Waals surface area contributed by atoms with Gasteiger partial charge in [0, 0.05) is 36.3 Å². The maximum Gasteiger partial charge on any atom is 0.270 e. The van der Waals surface area contributed by atoms with Gasteiger partial charge in [0.1, 0.15) is 0 Å². The normalized spacial score (nSPS) is 10.7. The molecule has 0 spiro atoms. The first-order valence-electron chi connectivity index (χ1n) is 8.31. The van der Waals surface area contributed by atoms with Crippen molar-refractivity contribution < 1.29 is 9.72 Å². The van der Waals surface area contributed by atoms with E-state index in [1.165, 1.54) is 23.8 Å². The van der Waals surface area contributed by atoms with Crippen LogP contribution in [0.3, 0.4) is 0 Å². The summed E-state index contributed by atoms with van der Waals surface area (Å²) in [5.41, 5.74) is 3.56. The number of benzene rings is 2. The second kappa shape index (κ2) is 8.53. The fourth-order valence-corrected chi connectivity index (χ4v) is 2.54. The maximum atomic E-state index is 12.0. The molecule has 0 aliphatic rings. The van der Waals surface area contributed by atoms with Crippen molar-refractivity contribution in [3.8, 4) is 0 Å². The number of amides is 1. The lowest BCUT2D eigenvalue weighted by Gasteiger charge is -2.05. The Hall–Kier alpha value is -3.80. The van der Waals surface area contributed by atoms with E-state index in [1.54, 1.807) is 30.6 Å². The van der Waals surface area contributed by atoms with Crippen LogP contribution in [0.4, 0.5) is 11.4 Å². The van der Waals surface area contributed by atoms with Gasteiger partial charge in [0.2, 0.25) is 5.91 Å². The number of nitro groups is 1. The highest BCUT2D eigenvalue weighted by molar-refractivity contribution is 6.01. The number of hydrogen-bond acceptors (Lipinski definition) is 4. The highest BCUT2D eigenvalue weighted by Crippen LogP contribution is 2.15. The van der Waals surface area contributed by atoms with E-state index < -0.39 is 4.92 Å². The first-order chi connectivity index (χ1) is 13.1. The number of nitrogens with zero attached hydrogens (tertiary/aromatic N) is 2. The Bertz CT molecular complexity index is 967. The number of anilines is 1. The summed E-state index contributed by atoms with van der Waals surface area (Å²) in [5, 5.41) is 13.5. The van der Waals surface area contributed by atoms with E-state index in [-0.39, 0.29) is 11.6 Å². The van der Waals surface area contributed by atoms with E-state index in [9.17, 15) is 14.9 Å². The average molecular weight is 359 g/mol. The molecule has 27 heavy (non-hydrogen) atoms. The van der Waals surface area contributed by atoms with Crippen molar-refractivity contribution in [1.82, 2.24) is 4.98 Å². The summed E-state index contributed by atoms with van der Waals surface area (Å²) in [7, 11) is 0. The van der Waals surface area contributed by atoms with Gasteiger partial charge in [-0.3, -0.25) is 19.9 Å². The molecule has 0 aliphatic heterocycles. The first-order valence-corrected chi connectivity index (χ1v) is 8.31. The molecule has 6 nitrogen and oxygen atoms in total. The molecule has 0 aliphatic carbocycles. The molecule has 0 radical (unpaired) electrons. The molecular weight excluding hydrogens is 342 g/mol. The minimum Gasteiger partial charge on any atom is -0.323 e. The van der Waals surface area contributed by atoms with E-state index in [4.69, 9.17) is 0 Å². The van der Waals surface area contributed by atoms with Crippen LogP contribution in [0.1, 0.15) is 16.7 Å². The van der Waals surface area contributed by atoms with Crippen molar-refractivity contribution in [2.45, 2.75) is 6.42 Å². The fraction of sp³-hybridized carbons (Fsp3) is 0.0476. The standard InChI is InChI=1S/C21H17N3O3/c25-21(9-6-16-2-1-3-20(15-16)24(26)27)23-19-7-4-17(5-8-19)14-18-10-12-22-13-11-18/h1-13,15H,14H2,(H,23,25)/b9-6+. The van der Waals surface area contributed by atoms with Gasteiger partial charge < -0.3 is 5.32 Å². The van der Waals surface area contributed by atoms with Gasteiger partial charge >= 0.3 is 0 Å². The molecule has 3 rings (SSSR count). The van der Waals surface area contributed by atoms with Gasteiger partial charge in [-0.15, -0.1) is 0 Å². The van der Waals surface area contributed by atoms with Gasteiger partial charge in [-0.2, -0.15) is 0 Å². The lowest BCUT2D eigenvalue weighted by atomic mass is 10.1.